The van der Waals surface area contributed by atoms with Crippen molar-refractivity contribution < 1.29 is 24.5 Å². The third kappa shape index (κ3) is 8.48. The molecule has 4 aliphatic rings. The van der Waals surface area contributed by atoms with Gasteiger partial charge < -0.3 is 30.6 Å². The number of ether oxygens (including phenoxy) is 1. The molecule has 2 bridgehead atoms. The highest BCUT2D eigenvalue weighted by Gasteiger charge is 2.46. The Kier molecular flexibility index (Phi) is 11.5. The monoisotopic (exact) mass is 721 g/mol. The van der Waals surface area contributed by atoms with Crippen LogP contribution in [0.5, 0.6) is 5.75 Å². The van der Waals surface area contributed by atoms with Crippen LogP contribution in [-0.4, -0.2) is 75.8 Å². The van der Waals surface area contributed by atoms with Crippen LogP contribution in [0, 0.1) is 5.92 Å². The summed E-state index contributed by atoms with van der Waals surface area (Å²) in [5.74, 6) is 0.248. The number of phenolic OH excluding ortho intramolecular Hbond substituents is 1. The quantitative estimate of drug-likeness (QED) is 0.0889. The highest BCUT2D eigenvalue weighted by atomic mass is 16.5. The van der Waals surface area contributed by atoms with Crippen LogP contribution in [0.1, 0.15) is 96.6 Å². The molecule has 11 heteroatoms. The maximum Gasteiger partial charge on any atom is 0.316 e. The summed E-state index contributed by atoms with van der Waals surface area (Å²) in [6.45, 7) is 4.29. The van der Waals surface area contributed by atoms with E-state index < -0.39 is 11.5 Å². The number of aryl methyl sites for hydroxylation is 1. The molecule has 2 aromatic heterocycles. The number of nitrogens with one attached hydrogen (secondary N) is 3. The number of aliphatic hydroxyl groups excluding tert-OH is 1. The predicted molar refractivity (Wildman–Crippen MR) is 203 cm³/mol. The van der Waals surface area contributed by atoms with Crippen LogP contribution >= 0.6 is 0 Å². The number of aromatic nitrogens is 2. The summed E-state index contributed by atoms with van der Waals surface area (Å²) < 4.78 is 6.35. The van der Waals surface area contributed by atoms with E-state index in [1.54, 1.807) is 30.5 Å². The predicted octanol–water partition coefficient (Wildman–Crippen LogP) is 5.04. The highest BCUT2D eigenvalue weighted by molar-refractivity contribution is 5.93. The summed E-state index contributed by atoms with van der Waals surface area (Å²) in [5.41, 5.74) is 3.50. The van der Waals surface area contributed by atoms with Crippen LogP contribution in [0.4, 0.5) is 0 Å². The average molecular weight is 722 g/mol. The maximum atomic E-state index is 13.9. The van der Waals surface area contributed by atoms with E-state index in [1.807, 2.05) is 0 Å². The van der Waals surface area contributed by atoms with Crippen LogP contribution in [0.15, 0.2) is 71.7 Å². The van der Waals surface area contributed by atoms with Gasteiger partial charge in [0.25, 0.3) is 5.91 Å². The lowest BCUT2D eigenvalue weighted by Gasteiger charge is -2.45. The molecule has 4 aromatic rings. The number of H-pyrrole nitrogens is 1. The topological polar surface area (TPSA) is 157 Å². The second-order valence-corrected chi connectivity index (χ2v) is 15.1. The van der Waals surface area contributed by atoms with Gasteiger partial charge in [-0.15, -0.1) is 0 Å². The Morgan fingerprint density at radius 2 is 1.85 bits per heavy atom. The van der Waals surface area contributed by atoms with Crippen LogP contribution in [0.3, 0.4) is 0 Å². The fourth-order valence-corrected chi connectivity index (χ4v) is 8.50. The molecular weight excluding hydrogens is 670 g/mol. The number of carbonyl (C=O) groups is 2. The van der Waals surface area contributed by atoms with E-state index >= 15 is 0 Å². The molecule has 11 nitrogen and oxygen atoms in total. The van der Waals surface area contributed by atoms with Crippen molar-refractivity contribution in [3.63, 3.8) is 0 Å². The lowest BCUT2D eigenvalue weighted by Crippen LogP contribution is -2.53. The number of nitrogens with zero attached hydrogens (tertiary/aromatic N) is 2. The number of rotatable bonds is 14. The normalized spacial score (nSPS) is 21.3. The smallest absolute Gasteiger partial charge is 0.316 e. The number of aromatic hydroxyl groups is 1. The Balaban J connectivity index is 0.853. The van der Waals surface area contributed by atoms with E-state index in [4.69, 9.17) is 4.74 Å². The SMILES string of the molecule is O=C(NCCCCc1cccc(C2(C(=O)OC3CN4CCC3CC4)CCCCC2)c1)c1ccc(CNC[C@H](O)c2ccc(O)c3[nH]c(=O)ccc23)nc1. The van der Waals surface area contributed by atoms with Crippen LogP contribution in [-0.2, 0) is 27.9 Å². The number of aromatic amines is 1. The Morgan fingerprint density at radius 3 is 2.60 bits per heavy atom. The summed E-state index contributed by atoms with van der Waals surface area (Å²) >= 11 is 0. The molecule has 5 heterocycles. The molecule has 4 fully saturated rings. The lowest BCUT2D eigenvalue weighted by molar-refractivity contribution is -0.167. The first kappa shape index (κ1) is 36.8. The number of hydrogen-bond acceptors (Lipinski definition) is 9. The maximum absolute atomic E-state index is 13.9. The second-order valence-electron chi connectivity index (χ2n) is 15.1. The molecule has 1 saturated carbocycles. The molecule has 2 aromatic carbocycles. The lowest BCUT2D eigenvalue weighted by atomic mass is 9.69. The molecule has 1 unspecified atom stereocenters. The van der Waals surface area contributed by atoms with Crippen molar-refractivity contribution in [2.75, 3.05) is 32.7 Å². The molecule has 1 amide bonds. The molecule has 5 N–H and O–H groups in total. The number of fused-ring (bicyclic) bond motifs is 4. The number of benzene rings is 2. The number of carbonyl (C=O) groups excluding carboxylic acids is 2. The number of amides is 1. The molecule has 1 aliphatic carbocycles. The first-order chi connectivity index (χ1) is 25.8. The zero-order chi connectivity index (χ0) is 36.8. The Hall–Kier alpha value is -4.58. The van der Waals surface area contributed by atoms with E-state index in [0.29, 0.717) is 35.5 Å². The molecule has 280 valence electrons. The van der Waals surface area contributed by atoms with Gasteiger partial charge in [-0.25, -0.2) is 0 Å². The van der Waals surface area contributed by atoms with Crippen molar-refractivity contribution in [3.05, 3.63) is 105 Å². The van der Waals surface area contributed by atoms with Crippen molar-refractivity contribution in [3.8, 4) is 5.75 Å². The van der Waals surface area contributed by atoms with Crippen molar-refractivity contribution in [2.45, 2.75) is 88.4 Å². The van der Waals surface area contributed by atoms with E-state index in [9.17, 15) is 24.6 Å². The Labute approximate surface area is 310 Å². The molecule has 0 radical (unpaired) electrons. The van der Waals surface area contributed by atoms with E-state index in [-0.39, 0.29) is 41.4 Å². The first-order valence-corrected chi connectivity index (χ1v) is 19.3. The minimum atomic E-state index is -0.880. The number of pyridine rings is 2. The van der Waals surface area contributed by atoms with Gasteiger partial charge in [0, 0.05) is 43.8 Å². The number of aliphatic hydroxyl groups is 1. The van der Waals surface area contributed by atoms with Crippen LogP contribution in [0.2, 0.25) is 0 Å². The second kappa shape index (κ2) is 16.6. The molecule has 0 spiro atoms. The van der Waals surface area contributed by atoms with Crippen LogP contribution < -0.4 is 16.2 Å². The number of piperidine rings is 3. The fraction of sp³-hybridized carbons (Fsp3) is 0.476. The molecule has 3 saturated heterocycles. The first-order valence-electron chi connectivity index (χ1n) is 19.3. The van der Waals surface area contributed by atoms with Crippen LogP contribution in [0.25, 0.3) is 10.9 Å². The molecule has 8 rings (SSSR count). The van der Waals surface area contributed by atoms with Crippen molar-refractivity contribution in [1.29, 1.82) is 0 Å². The standard InChI is InChI=1S/C42H51N5O6/c48-35-14-12-33(34-13-15-38(50)46-39(34)35)36(49)26-43-25-32-11-10-30(24-45-32)40(51)44-20-5-2-7-28-8-6-9-31(23-28)42(18-3-1-4-19-42)41(52)53-37-27-47-21-16-29(37)17-22-47/h6,8-15,23-24,29,36-37,43,48-49H,1-5,7,16-22,25-27H2,(H,44,51)(H,46,50)/t36-,37?/m0/s1. The Bertz CT molecular complexity index is 1950. The van der Waals surface area contributed by atoms with Gasteiger partial charge in [-0.3, -0.25) is 24.3 Å². The van der Waals surface area contributed by atoms with Gasteiger partial charge in [0.1, 0.15) is 11.9 Å². The van der Waals surface area contributed by atoms with Gasteiger partial charge in [0.05, 0.1) is 28.3 Å². The van der Waals surface area contributed by atoms with Gasteiger partial charge in [-0.05, 0) is 105 Å². The van der Waals surface area contributed by atoms with Gasteiger partial charge >= 0.3 is 5.97 Å². The van der Waals surface area contributed by atoms with Gasteiger partial charge in [0.15, 0.2) is 0 Å². The summed E-state index contributed by atoms with van der Waals surface area (Å²) in [6.07, 6.45) is 10.5. The Morgan fingerprint density at radius 1 is 1.02 bits per heavy atom. The van der Waals surface area contributed by atoms with Gasteiger partial charge in [-0.2, -0.15) is 0 Å². The largest absolute Gasteiger partial charge is 0.506 e. The van der Waals surface area contributed by atoms with E-state index in [1.165, 1.54) is 17.7 Å². The highest BCUT2D eigenvalue weighted by Crippen LogP contribution is 2.42. The number of phenols is 1. The summed E-state index contributed by atoms with van der Waals surface area (Å²) in [6, 6.07) is 18.1. The molecule has 53 heavy (non-hydrogen) atoms. The summed E-state index contributed by atoms with van der Waals surface area (Å²) in [4.78, 5) is 47.9. The van der Waals surface area contributed by atoms with Gasteiger partial charge in [0.2, 0.25) is 5.56 Å². The average Bonchev–Trinajstić information content (AvgIpc) is 3.19. The van der Waals surface area contributed by atoms with Crippen molar-refractivity contribution in [2.24, 2.45) is 5.92 Å². The van der Waals surface area contributed by atoms with E-state index in [2.05, 4.69) is 49.8 Å². The molecule has 3 aliphatic heterocycles. The van der Waals surface area contributed by atoms with Crippen molar-refractivity contribution in [1.82, 2.24) is 25.5 Å². The van der Waals surface area contributed by atoms with Crippen molar-refractivity contribution >= 4 is 22.8 Å². The minimum Gasteiger partial charge on any atom is -0.506 e. The summed E-state index contributed by atoms with van der Waals surface area (Å²) in [5, 5.41) is 27.7. The third-order valence-electron chi connectivity index (χ3n) is 11.6. The van der Waals surface area contributed by atoms with E-state index in [0.717, 1.165) is 95.1 Å². The minimum absolute atomic E-state index is 0.0202. The third-order valence-corrected chi connectivity index (χ3v) is 11.6. The molecular formula is C42H51N5O6. The zero-order valence-corrected chi connectivity index (χ0v) is 30.3. The number of unbranched alkanes of at least 4 members (excludes halogenated alkanes) is 1. The molecule has 2 atom stereocenters. The number of esters is 1. The fourth-order valence-electron chi connectivity index (χ4n) is 8.50. The van der Waals surface area contributed by atoms with Gasteiger partial charge in [-0.1, -0.05) is 49.6 Å². The zero-order valence-electron chi connectivity index (χ0n) is 30.3. The number of hydrogen-bond donors (Lipinski definition) is 5. The summed E-state index contributed by atoms with van der Waals surface area (Å²) in [7, 11) is 0.